The molecule has 1 radical (unpaired) electrons. The molecule has 3 atom stereocenters. The van der Waals surface area contributed by atoms with E-state index in [0.717, 1.165) is 24.2 Å². The molecule has 0 bridgehead atoms. The van der Waals surface area contributed by atoms with Crippen molar-refractivity contribution in [2.75, 3.05) is 0 Å². The molecule has 0 aromatic rings. The van der Waals surface area contributed by atoms with Crippen molar-refractivity contribution in [1.29, 1.82) is 0 Å². The Kier molecular flexibility index (Phi) is 4.83. The molecular formula is C13H25. The summed E-state index contributed by atoms with van der Waals surface area (Å²) < 4.78 is 0. The van der Waals surface area contributed by atoms with Crippen molar-refractivity contribution < 1.29 is 0 Å². The van der Waals surface area contributed by atoms with E-state index in [1.165, 1.54) is 38.5 Å². The fraction of sp³-hybridized carbons (Fsp3) is 0.923. The first-order valence-corrected chi connectivity index (χ1v) is 6.05. The predicted octanol–water partition coefficient (Wildman–Crippen LogP) is 4.45. The summed E-state index contributed by atoms with van der Waals surface area (Å²) in [7, 11) is 0. The maximum Gasteiger partial charge on any atom is -0.0386 e. The normalized spacial score (nSPS) is 36.7. The summed E-state index contributed by atoms with van der Waals surface area (Å²) in [5.74, 6) is 2.84. The third-order valence-electron chi connectivity index (χ3n) is 3.95. The van der Waals surface area contributed by atoms with Gasteiger partial charge in [-0.1, -0.05) is 65.7 Å². The molecule has 77 valence electrons. The lowest BCUT2D eigenvalue weighted by Crippen LogP contribution is -2.21. The number of rotatable bonds is 2. The first-order chi connectivity index (χ1) is 6.25. The Bertz CT molecular complexity index is 128. The molecule has 0 aromatic heterocycles. The van der Waals surface area contributed by atoms with Gasteiger partial charge in [-0.15, -0.1) is 0 Å². The molecule has 0 spiro atoms. The van der Waals surface area contributed by atoms with Crippen molar-refractivity contribution >= 4 is 0 Å². The van der Waals surface area contributed by atoms with Crippen molar-refractivity contribution in [2.24, 2.45) is 17.8 Å². The Morgan fingerprint density at radius 2 is 1.77 bits per heavy atom. The van der Waals surface area contributed by atoms with Crippen LogP contribution in [0.2, 0.25) is 0 Å². The summed E-state index contributed by atoms with van der Waals surface area (Å²) in [6.07, 6.45) is 9.78. The lowest BCUT2D eigenvalue weighted by molar-refractivity contribution is 0.201. The van der Waals surface area contributed by atoms with Gasteiger partial charge in [-0.2, -0.15) is 0 Å². The van der Waals surface area contributed by atoms with Crippen molar-refractivity contribution in [3.8, 4) is 0 Å². The minimum absolute atomic E-state index is 0.932. The SMILES string of the molecule is [CH2]CCC1CCCCCC(C)C1C. The van der Waals surface area contributed by atoms with E-state index >= 15 is 0 Å². The van der Waals surface area contributed by atoms with Gasteiger partial charge in [-0.3, -0.25) is 0 Å². The first kappa shape index (κ1) is 11.1. The molecule has 0 amide bonds. The Morgan fingerprint density at radius 1 is 1.08 bits per heavy atom. The molecule has 1 aliphatic carbocycles. The van der Waals surface area contributed by atoms with E-state index in [9.17, 15) is 0 Å². The van der Waals surface area contributed by atoms with Crippen LogP contribution in [0.4, 0.5) is 0 Å². The van der Waals surface area contributed by atoms with E-state index in [4.69, 9.17) is 0 Å². The minimum Gasteiger partial charge on any atom is -0.0622 e. The first-order valence-electron chi connectivity index (χ1n) is 6.05. The summed E-state index contributed by atoms with van der Waals surface area (Å²) in [5, 5.41) is 0. The maximum absolute atomic E-state index is 3.99. The lowest BCUT2D eigenvalue weighted by atomic mass is 9.75. The molecule has 1 fully saturated rings. The Balaban J connectivity index is 2.46. The molecule has 3 unspecified atom stereocenters. The van der Waals surface area contributed by atoms with E-state index < -0.39 is 0 Å². The molecule has 0 saturated heterocycles. The van der Waals surface area contributed by atoms with Crippen LogP contribution in [-0.4, -0.2) is 0 Å². The fourth-order valence-electron chi connectivity index (χ4n) is 2.71. The van der Waals surface area contributed by atoms with Gasteiger partial charge >= 0.3 is 0 Å². The van der Waals surface area contributed by atoms with Crippen LogP contribution in [0.5, 0.6) is 0 Å². The van der Waals surface area contributed by atoms with E-state index in [1.807, 2.05) is 0 Å². The largest absolute Gasteiger partial charge is 0.0622 e. The van der Waals surface area contributed by atoms with Crippen LogP contribution in [0.3, 0.4) is 0 Å². The zero-order valence-electron chi connectivity index (χ0n) is 9.39. The average molecular weight is 181 g/mol. The van der Waals surface area contributed by atoms with Crippen molar-refractivity contribution in [2.45, 2.75) is 58.8 Å². The molecule has 0 aliphatic heterocycles. The van der Waals surface area contributed by atoms with Gasteiger partial charge in [0.05, 0.1) is 0 Å². The Labute approximate surface area is 84.1 Å². The smallest absolute Gasteiger partial charge is 0.0386 e. The second-order valence-electron chi connectivity index (χ2n) is 4.88. The summed E-state index contributed by atoms with van der Waals surface area (Å²) in [5.41, 5.74) is 0. The van der Waals surface area contributed by atoms with Gasteiger partial charge < -0.3 is 0 Å². The number of hydrogen-bond acceptors (Lipinski definition) is 0. The van der Waals surface area contributed by atoms with Crippen LogP contribution in [0, 0.1) is 24.7 Å². The second kappa shape index (κ2) is 5.67. The van der Waals surface area contributed by atoms with Crippen LogP contribution in [0.25, 0.3) is 0 Å². The van der Waals surface area contributed by atoms with E-state index in [0.29, 0.717) is 0 Å². The Hall–Kier alpha value is 0. The second-order valence-corrected chi connectivity index (χ2v) is 4.88. The molecule has 13 heavy (non-hydrogen) atoms. The number of hydrogen-bond donors (Lipinski definition) is 0. The van der Waals surface area contributed by atoms with Crippen LogP contribution >= 0.6 is 0 Å². The van der Waals surface area contributed by atoms with E-state index in [2.05, 4.69) is 20.8 Å². The van der Waals surface area contributed by atoms with E-state index in [-0.39, 0.29) is 0 Å². The van der Waals surface area contributed by atoms with Gasteiger partial charge in [-0.25, -0.2) is 0 Å². The monoisotopic (exact) mass is 181 g/mol. The molecule has 0 N–H and O–H groups in total. The standard InChI is InChI=1S/C13H25/c1-4-8-13-10-7-5-6-9-11(2)12(13)3/h11-13H,1,4-10H2,2-3H3. The fourth-order valence-corrected chi connectivity index (χ4v) is 2.71. The van der Waals surface area contributed by atoms with Crippen molar-refractivity contribution in [1.82, 2.24) is 0 Å². The minimum atomic E-state index is 0.932. The summed E-state index contributed by atoms with van der Waals surface area (Å²) in [6, 6.07) is 0. The average Bonchev–Trinajstić information content (AvgIpc) is 2.12. The van der Waals surface area contributed by atoms with Crippen LogP contribution in [0.15, 0.2) is 0 Å². The summed E-state index contributed by atoms with van der Waals surface area (Å²) in [4.78, 5) is 0. The lowest BCUT2D eigenvalue weighted by Gasteiger charge is -2.31. The molecule has 1 aliphatic rings. The van der Waals surface area contributed by atoms with Gasteiger partial charge in [0.15, 0.2) is 0 Å². The van der Waals surface area contributed by atoms with Crippen LogP contribution in [0.1, 0.15) is 58.8 Å². The van der Waals surface area contributed by atoms with Gasteiger partial charge in [0.25, 0.3) is 0 Å². The summed E-state index contributed by atoms with van der Waals surface area (Å²) in [6.45, 7) is 8.88. The summed E-state index contributed by atoms with van der Waals surface area (Å²) >= 11 is 0. The van der Waals surface area contributed by atoms with E-state index in [1.54, 1.807) is 0 Å². The molecule has 0 nitrogen and oxygen atoms in total. The highest BCUT2D eigenvalue weighted by molar-refractivity contribution is 4.74. The molecule has 0 heterocycles. The predicted molar refractivity (Wildman–Crippen MR) is 59.5 cm³/mol. The zero-order chi connectivity index (χ0) is 9.68. The van der Waals surface area contributed by atoms with Crippen LogP contribution in [-0.2, 0) is 0 Å². The van der Waals surface area contributed by atoms with Gasteiger partial charge in [0.2, 0.25) is 0 Å². The van der Waals surface area contributed by atoms with Crippen molar-refractivity contribution in [3.63, 3.8) is 0 Å². The highest BCUT2D eigenvalue weighted by Gasteiger charge is 2.23. The zero-order valence-corrected chi connectivity index (χ0v) is 9.39. The topological polar surface area (TPSA) is 0 Å². The Morgan fingerprint density at radius 3 is 2.46 bits per heavy atom. The third-order valence-corrected chi connectivity index (χ3v) is 3.95. The third kappa shape index (κ3) is 3.32. The van der Waals surface area contributed by atoms with Gasteiger partial charge in [0.1, 0.15) is 0 Å². The quantitative estimate of drug-likeness (QED) is 0.590. The molecule has 1 rings (SSSR count). The molecule has 0 heteroatoms. The molecule has 0 aromatic carbocycles. The molecular weight excluding hydrogens is 156 g/mol. The van der Waals surface area contributed by atoms with Gasteiger partial charge in [-0.05, 0) is 17.8 Å². The highest BCUT2D eigenvalue weighted by Crippen LogP contribution is 2.34. The van der Waals surface area contributed by atoms with Gasteiger partial charge in [0, 0.05) is 0 Å². The van der Waals surface area contributed by atoms with Crippen molar-refractivity contribution in [3.05, 3.63) is 6.92 Å². The van der Waals surface area contributed by atoms with Crippen LogP contribution < -0.4 is 0 Å². The highest BCUT2D eigenvalue weighted by atomic mass is 14.3. The molecule has 1 saturated carbocycles. The maximum atomic E-state index is 3.99.